The zero-order valence-electron chi connectivity index (χ0n) is 17.8. The summed E-state index contributed by atoms with van der Waals surface area (Å²) in [6.45, 7) is 3.92. The number of rotatable bonds is 6. The van der Waals surface area contributed by atoms with E-state index < -0.39 is 0 Å². The van der Waals surface area contributed by atoms with Crippen LogP contribution in [0.1, 0.15) is 51.4 Å². The quantitative estimate of drug-likeness (QED) is 0.779. The van der Waals surface area contributed by atoms with E-state index in [0.717, 1.165) is 49.1 Å². The van der Waals surface area contributed by atoms with Crippen molar-refractivity contribution in [3.8, 4) is 0 Å². The summed E-state index contributed by atoms with van der Waals surface area (Å²) in [5, 5.41) is 4.64. The van der Waals surface area contributed by atoms with Crippen LogP contribution in [0.25, 0.3) is 10.8 Å². The van der Waals surface area contributed by atoms with E-state index >= 15 is 0 Å². The normalized spacial score (nSPS) is 26.3. The topological polar surface area (TPSA) is 54.3 Å². The van der Waals surface area contributed by atoms with Crippen molar-refractivity contribution >= 4 is 22.4 Å². The molecule has 160 valence electrons. The number of fused-ring (bicyclic) bond motifs is 3. The van der Waals surface area contributed by atoms with Gasteiger partial charge in [0, 0.05) is 42.2 Å². The van der Waals surface area contributed by atoms with Crippen LogP contribution in [0.15, 0.2) is 35.3 Å². The maximum Gasteiger partial charge on any atom is 0.258 e. The highest BCUT2D eigenvalue weighted by molar-refractivity contribution is 6.01. The Kier molecular flexibility index (Phi) is 5.64. The smallest absolute Gasteiger partial charge is 0.258 e. The number of anilines is 1. The number of carbonyl (C=O) groups excluding carboxylic acids is 1. The van der Waals surface area contributed by atoms with Gasteiger partial charge in [-0.3, -0.25) is 9.59 Å². The average Bonchev–Trinajstić information content (AvgIpc) is 3.38. The van der Waals surface area contributed by atoms with Crippen LogP contribution >= 0.6 is 0 Å². The predicted octanol–water partition coefficient (Wildman–Crippen LogP) is 4.25. The highest BCUT2D eigenvalue weighted by atomic mass is 16.1. The van der Waals surface area contributed by atoms with Crippen molar-refractivity contribution in [2.24, 2.45) is 17.8 Å². The third kappa shape index (κ3) is 4.04. The largest absolute Gasteiger partial charge is 0.326 e. The van der Waals surface area contributed by atoms with Crippen LogP contribution in [-0.4, -0.2) is 35.0 Å². The molecule has 5 heteroatoms. The van der Waals surface area contributed by atoms with Gasteiger partial charge in [0.2, 0.25) is 5.91 Å². The molecule has 1 aliphatic heterocycles. The molecular weight excluding hydrogens is 374 g/mol. The molecule has 1 aromatic carbocycles. The van der Waals surface area contributed by atoms with Crippen LogP contribution in [0.5, 0.6) is 0 Å². The summed E-state index contributed by atoms with van der Waals surface area (Å²) in [7, 11) is 0. The molecule has 5 nitrogen and oxygen atoms in total. The van der Waals surface area contributed by atoms with E-state index in [-0.39, 0.29) is 11.5 Å². The minimum Gasteiger partial charge on any atom is -0.326 e. The molecule has 3 fully saturated rings. The van der Waals surface area contributed by atoms with Crippen molar-refractivity contribution in [1.82, 2.24) is 9.47 Å². The molecule has 2 aromatic rings. The van der Waals surface area contributed by atoms with E-state index in [0.29, 0.717) is 17.7 Å². The monoisotopic (exact) mass is 407 g/mol. The van der Waals surface area contributed by atoms with E-state index in [1.807, 2.05) is 35.0 Å². The number of amides is 1. The van der Waals surface area contributed by atoms with Gasteiger partial charge in [-0.05, 0) is 81.1 Å². The third-order valence-corrected chi connectivity index (χ3v) is 7.73. The number of pyridine rings is 1. The molecule has 3 atom stereocenters. The van der Waals surface area contributed by atoms with Gasteiger partial charge in [0.15, 0.2) is 0 Å². The summed E-state index contributed by atoms with van der Waals surface area (Å²) in [4.78, 5) is 28.2. The molecule has 2 heterocycles. The van der Waals surface area contributed by atoms with Gasteiger partial charge >= 0.3 is 0 Å². The molecule has 0 spiro atoms. The van der Waals surface area contributed by atoms with E-state index in [1.165, 1.54) is 44.9 Å². The minimum atomic E-state index is 0.0358. The Bertz CT molecular complexity index is 976. The summed E-state index contributed by atoms with van der Waals surface area (Å²) >= 11 is 0. The Labute approximate surface area is 178 Å². The number of nitrogens with one attached hydrogen (secondary N) is 1. The molecule has 1 N–H and O–H groups in total. The van der Waals surface area contributed by atoms with Crippen LogP contribution in [0.2, 0.25) is 0 Å². The fourth-order valence-corrected chi connectivity index (χ4v) is 6.10. The number of aromatic nitrogens is 1. The van der Waals surface area contributed by atoms with Gasteiger partial charge in [-0.25, -0.2) is 0 Å². The lowest BCUT2D eigenvalue weighted by molar-refractivity contribution is -0.117. The van der Waals surface area contributed by atoms with Crippen molar-refractivity contribution in [3.63, 3.8) is 0 Å². The molecular formula is C25H33N3O2. The number of benzene rings is 1. The van der Waals surface area contributed by atoms with Crippen molar-refractivity contribution in [3.05, 3.63) is 40.8 Å². The number of hydrogen-bond acceptors (Lipinski definition) is 3. The Hall–Kier alpha value is -2.14. The van der Waals surface area contributed by atoms with E-state index in [2.05, 4.69) is 10.2 Å². The molecule has 2 saturated carbocycles. The second-order valence-electron chi connectivity index (χ2n) is 9.67. The molecule has 1 unspecified atom stereocenters. The number of nitrogens with zero attached hydrogens (tertiary/aromatic N) is 2. The molecule has 5 rings (SSSR count). The number of hydrogen-bond donors (Lipinski definition) is 1. The zero-order chi connectivity index (χ0) is 20.5. The Morgan fingerprint density at radius 3 is 2.63 bits per heavy atom. The molecule has 2 bridgehead atoms. The van der Waals surface area contributed by atoms with Crippen LogP contribution < -0.4 is 10.9 Å². The third-order valence-electron chi connectivity index (χ3n) is 7.73. The van der Waals surface area contributed by atoms with Gasteiger partial charge in [0.1, 0.15) is 0 Å². The zero-order valence-corrected chi connectivity index (χ0v) is 17.8. The van der Waals surface area contributed by atoms with Crippen LogP contribution in [0, 0.1) is 17.8 Å². The summed E-state index contributed by atoms with van der Waals surface area (Å²) in [5.74, 6) is 2.24. The predicted molar refractivity (Wildman–Crippen MR) is 121 cm³/mol. The Morgan fingerprint density at radius 2 is 1.87 bits per heavy atom. The van der Waals surface area contributed by atoms with Crippen molar-refractivity contribution in [2.45, 2.75) is 57.9 Å². The lowest BCUT2D eigenvalue weighted by atomic mass is 9.86. The minimum absolute atomic E-state index is 0.0358. The van der Waals surface area contributed by atoms with Gasteiger partial charge in [-0.15, -0.1) is 0 Å². The first-order valence-electron chi connectivity index (χ1n) is 11.8. The van der Waals surface area contributed by atoms with Crippen molar-refractivity contribution < 1.29 is 4.79 Å². The SMILES string of the molecule is O=C(CC1C[C@@H]2CC[C@H]1C2)Nc1cccc2c(=O)n(CCN3CCCCC3)ccc12. The number of likely N-dealkylation sites (tertiary alicyclic amines) is 1. The van der Waals surface area contributed by atoms with Crippen LogP contribution in [0.3, 0.4) is 0 Å². The summed E-state index contributed by atoms with van der Waals surface area (Å²) < 4.78 is 1.82. The molecule has 30 heavy (non-hydrogen) atoms. The van der Waals surface area contributed by atoms with Gasteiger partial charge in [-0.2, -0.15) is 0 Å². The van der Waals surface area contributed by atoms with E-state index in [4.69, 9.17) is 0 Å². The molecule has 3 aliphatic rings. The number of piperidine rings is 1. The van der Waals surface area contributed by atoms with E-state index in [1.54, 1.807) is 0 Å². The van der Waals surface area contributed by atoms with Gasteiger partial charge in [0.05, 0.1) is 0 Å². The van der Waals surface area contributed by atoms with Crippen molar-refractivity contribution in [2.75, 3.05) is 25.0 Å². The maximum absolute atomic E-state index is 13.0. The molecule has 1 aromatic heterocycles. The van der Waals surface area contributed by atoms with Gasteiger partial charge in [-0.1, -0.05) is 18.9 Å². The average molecular weight is 408 g/mol. The fourth-order valence-electron chi connectivity index (χ4n) is 6.10. The second kappa shape index (κ2) is 8.54. The number of carbonyl (C=O) groups is 1. The molecule has 1 saturated heterocycles. The standard InChI is InChI=1S/C25H33N3O2/c29-24(17-20-16-18-7-8-19(20)15-18)26-23-6-4-5-22-21(23)9-12-28(25(22)30)14-13-27-10-2-1-3-11-27/h4-6,9,12,18-20H,1-3,7-8,10-11,13-17H2,(H,26,29)/t18-,19+,20?/m1/s1. The van der Waals surface area contributed by atoms with Gasteiger partial charge in [0.25, 0.3) is 5.56 Å². The first kappa shape index (κ1) is 19.8. The van der Waals surface area contributed by atoms with Crippen molar-refractivity contribution in [1.29, 1.82) is 0 Å². The second-order valence-corrected chi connectivity index (χ2v) is 9.67. The first-order valence-corrected chi connectivity index (χ1v) is 11.8. The summed E-state index contributed by atoms with van der Waals surface area (Å²) in [5.41, 5.74) is 0.801. The van der Waals surface area contributed by atoms with Crippen LogP contribution in [0.4, 0.5) is 5.69 Å². The van der Waals surface area contributed by atoms with E-state index in [9.17, 15) is 9.59 Å². The Balaban J connectivity index is 1.28. The highest BCUT2D eigenvalue weighted by Gasteiger charge is 2.40. The lowest BCUT2D eigenvalue weighted by Crippen LogP contribution is -2.34. The van der Waals surface area contributed by atoms with Gasteiger partial charge < -0.3 is 14.8 Å². The molecule has 1 amide bonds. The fraction of sp³-hybridized carbons (Fsp3) is 0.600. The Morgan fingerprint density at radius 1 is 1.00 bits per heavy atom. The van der Waals surface area contributed by atoms with Crippen LogP contribution in [-0.2, 0) is 11.3 Å². The summed E-state index contributed by atoms with van der Waals surface area (Å²) in [6, 6.07) is 7.66. The lowest BCUT2D eigenvalue weighted by Gasteiger charge is -2.26. The summed E-state index contributed by atoms with van der Waals surface area (Å²) in [6.07, 6.45) is 11.5. The first-order chi connectivity index (χ1) is 14.7. The molecule has 2 aliphatic carbocycles. The molecule has 0 radical (unpaired) electrons. The highest BCUT2D eigenvalue weighted by Crippen LogP contribution is 2.49. The maximum atomic E-state index is 13.0.